The number of carbonyl (C=O) groups is 1. The van der Waals surface area contributed by atoms with E-state index in [4.69, 9.17) is 22.0 Å². The quantitative estimate of drug-likeness (QED) is 0.770. The van der Waals surface area contributed by atoms with Gasteiger partial charge < -0.3 is 10.4 Å². The van der Waals surface area contributed by atoms with Gasteiger partial charge in [0.15, 0.2) is 0 Å². The zero-order valence-electron chi connectivity index (χ0n) is 7.83. The molecular formula is C10H9ClN2O2. The zero-order chi connectivity index (χ0) is 11.3. The van der Waals surface area contributed by atoms with Gasteiger partial charge in [-0.2, -0.15) is 5.26 Å². The van der Waals surface area contributed by atoms with Crippen LogP contribution >= 0.6 is 11.6 Å². The third-order valence-corrected chi connectivity index (χ3v) is 2.00. The molecule has 0 saturated heterocycles. The zero-order valence-corrected chi connectivity index (χ0v) is 8.58. The third kappa shape index (κ3) is 3.15. The number of aromatic carboxylic acids is 1. The predicted molar refractivity (Wildman–Crippen MR) is 57.1 cm³/mol. The van der Waals surface area contributed by atoms with E-state index >= 15 is 0 Å². The maximum atomic E-state index is 10.8. The van der Waals surface area contributed by atoms with Gasteiger partial charge in [0, 0.05) is 11.6 Å². The van der Waals surface area contributed by atoms with Gasteiger partial charge in [-0.1, -0.05) is 11.6 Å². The molecule has 0 heterocycles. The number of carboxylic acid groups (broad SMARTS) is 1. The molecule has 15 heavy (non-hydrogen) atoms. The Morgan fingerprint density at radius 3 is 2.93 bits per heavy atom. The fourth-order valence-corrected chi connectivity index (χ4v) is 1.27. The summed E-state index contributed by atoms with van der Waals surface area (Å²) in [5.41, 5.74) is 0.586. The van der Waals surface area contributed by atoms with E-state index in [1.165, 1.54) is 18.2 Å². The molecule has 0 atom stereocenters. The molecule has 5 heteroatoms. The summed E-state index contributed by atoms with van der Waals surface area (Å²) in [6.07, 6.45) is 0.311. The van der Waals surface area contributed by atoms with Crippen LogP contribution in [0.3, 0.4) is 0 Å². The van der Waals surface area contributed by atoms with Gasteiger partial charge in [0.25, 0.3) is 0 Å². The van der Waals surface area contributed by atoms with Crippen LogP contribution in [0.4, 0.5) is 5.69 Å². The molecule has 0 aliphatic carbocycles. The first-order valence-electron chi connectivity index (χ1n) is 4.29. The van der Waals surface area contributed by atoms with Crippen molar-refractivity contribution >= 4 is 23.3 Å². The minimum atomic E-state index is -1.02. The maximum absolute atomic E-state index is 10.8. The van der Waals surface area contributed by atoms with Gasteiger partial charge >= 0.3 is 5.97 Å². The Labute approximate surface area is 92.1 Å². The molecule has 0 aromatic heterocycles. The smallest absolute Gasteiger partial charge is 0.337 e. The summed E-state index contributed by atoms with van der Waals surface area (Å²) in [5.74, 6) is -1.02. The molecule has 0 amide bonds. The van der Waals surface area contributed by atoms with Crippen LogP contribution in [0.5, 0.6) is 0 Å². The van der Waals surface area contributed by atoms with E-state index < -0.39 is 5.97 Å². The van der Waals surface area contributed by atoms with Crippen LogP contribution in [0.1, 0.15) is 16.8 Å². The number of hydrogen-bond acceptors (Lipinski definition) is 3. The normalized spacial score (nSPS) is 9.33. The first kappa shape index (κ1) is 11.3. The van der Waals surface area contributed by atoms with Crippen molar-refractivity contribution in [1.82, 2.24) is 0 Å². The van der Waals surface area contributed by atoms with Crippen molar-refractivity contribution in [2.45, 2.75) is 6.42 Å². The lowest BCUT2D eigenvalue weighted by Crippen LogP contribution is -2.07. The lowest BCUT2D eigenvalue weighted by atomic mass is 10.2. The Hall–Kier alpha value is -1.73. The number of rotatable bonds is 4. The lowest BCUT2D eigenvalue weighted by molar-refractivity contribution is 0.0698. The second-order valence-electron chi connectivity index (χ2n) is 2.83. The second kappa shape index (κ2) is 5.23. The van der Waals surface area contributed by atoms with Crippen molar-refractivity contribution in [2.75, 3.05) is 11.9 Å². The van der Waals surface area contributed by atoms with Crippen molar-refractivity contribution < 1.29 is 9.90 Å². The standard InChI is InChI=1S/C10H9ClN2O2/c11-7-2-3-8(10(14)15)9(6-7)13-5-1-4-12/h2-3,6,13H,1,5H2,(H,14,15). The van der Waals surface area contributed by atoms with E-state index in [1.54, 1.807) is 0 Å². The van der Waals surface area contributed by atoms with Crippen molar-refractivity contribution in [3.63, 3.8) is 0 Å². The molecule has 78 valence electrons. The van der Waals surface area contributed by atoms with Gasteiger partial charge in [-0.05, 0) is 18.2 Å². The highest BCUT2D eigenvalue weighted by atomic mass is 35.5. The summed E-state index contributed by atoms with van der Waals surface area (Å²) in [6.45, 7) is 0.400. The van der Waals surface area contributed by atoms with Gasteiger partial charge in [-0.25, -0.2) is 4.79 Å². The first-order chi connectivity index (χ1) is 7.15. The molecule has 2 N–H and O–H groups in total. The molecule has 0 aliphatic heterocycles. The third-order valence-electron chi connectivity index (χ3n) is 1.76. The van der Waals surface area contributed by atoms with Crippen LogP contribution in [-0.4, -0.2) is 17.6 Å². The van der Waals surface area contributed by atoms with Crippen LogP contribution in [0.2, 0.25) is 5.02 Å². The van der Waals surface area contributed by atoms with E-state index in [0.29, 0.717) is 23.7 Å². The number of nitriles is 1. The number of nitrogens with zero attached hydrogens (tertiary/aromatic N) is 1. The van der Waals surface area contributed by atoms with Crippen LogP contribution in [-0.2, 0) is 0 Å². The molecule has 0 radical (unpaired) electrons. The molecule has 0 saturated carbocycles. The SMILES string of the molecule is N#CCCNc1cc(Cl)ccc1C(=O)O. The van der Waals surface area contributed by atoms with Crippen molar-refractivity contribution in [3.05, 3.63) is 28.8 Å². The number of halogens is 1. The Morgan fingerprint density at radius 1 is 1.60 bits per heavy atom. The Bertz CT molecular complexity index is 412. The number of hydrogen-bond donors (Lipinski definition) is 2. The van der Waals surface area contributed by atoms with Crippen LogP contribution in [0.15, 0.2) is 18.2 Å². The largest absolute Gasteiger partial charge is 0.478 e. The molecule has 0 unspecified atom stereocenters. The second-order valence-corrected chi connectivity index (χ2v) is 3.27. The van der Waals surface area contributed by atoms with Gasteiger partial charge in [0.05, 0.1) is 23.7 Å². The fourth-order valence-electron chi connectivity index (χ4n) is 1.10. The molecule has 4 nitrogen and oxygen atoms in total. The highest BCUT2D eigenvalue weighted by Crippen LogP contribution is 2.20. The molecule has 0 aliphatic rings. The minimum Gasteiger partial charge on any atom is -0.478 e. The summed E-state index contributed by atoms with van der Waals surface area (Å²) in [5, 5.41) is 20.5. The first-order valence-corrected chi connectivity index (χ1v) is 4.66. The van der Waals surface area contributed by atoms with Crippen LogP contribution in [0.25, 0.3) is 0 Å². The molecule has 0 fully saturated rings. The van der Waals surface area contributed by atoms with Crippen molar-refractivity contribution in [1.29, 1.82) is 5.26 Å². The maximum Gasteiger partial charge on any atom is 0.337 e. The molecule has 1 aromatic rings. The van der Waals surface area contributed by atoms with Crippen molar-refractivity contribution in [3.8, 4) is 6.07 Å². The average molecular weight is 225 g/mol. The van der Waals surface area contributed by atoms with Crippen molar-refractivity contribution in [2.24, 2.45) is 0 Å². The minimum absolute atomic E-state index is 0.150. The summed E-state index contributed by atoms with van der Waals surface area (Å²) in [6, 6.07) is 6.43. The highest BCUT2D eigenvalue weighted by Gasteiger charge is 2.09. The van der Waals surface area contributed by atoms with E-state index in [-0.39, 0.29) is 5.56 Å². The lowest BCUT2D eigenvalue weighted by Gasteiger charge is -2.07. The highest BCUT2D eigenvalue weighted by molar-refractivity contribution is 6.31. The molecule has 1 rings (SSSR count). The van der Waals surface area contributed by atoms with E-state index in [9.17, 15) is 4.79 Å². The molecule has 1 aromatic carbocycles. The molecule has 0 spiro atoms. The van der Waals surface area contributed by atoms with Gasteiger partial charge in [-0.15, -0.1) is 0 Å². The number of carboxylic acids is 1. The summed E-state index contributed by atoms with van der Waals surface area (Å²) in [4.78, 5) is 10.8. The molecular weight excluding hydrogens is 216 g/mol. The van der Waals surface area contributed by atoms with E-state index in [2.05, 4.69) is 5.32 Å². The van der Waals surface area contributed by atoms with E-state index in [1.807, 2.05) is 6.07 Å². The molecule has 0 bridgehead atoms. The number of nitrogens with one attached hydrogen (secondary N) is 1. The Kier molecular flexibility index (Phi) is 3.95. The summed E-state index contributed by atoms with van der Waals surface area (Å²) in [7, 11) is 0. The monoisotopic (exact) mass is 224 g/mol. The number of anilines is 1. The number of benzene rings is 1. The predicted octanol–water partition coefficient (Wildman–Crippen LogP) is 2.36. The summed E-state index contributed by atoms with van der Waals surface area (Å²) < 4.78 is 0. The van der Waals surface area contributed by atoms with E-state index in [0.717, 1.165) is 0 Å². The summed E-state index contributed by atoms with van der Waals surface area (Å²) >= 11 is 5.74. The fraction of sp³-hybridized carbons (Fsp3) is 0.200. The topological polar surface area (TPSA) is 73.1 Å². The van der Waals surface area contributed by atoms with Crippen LogP contribution < -0.4 is 5.32 Å². The Morgan fingerprint density at radius 2 is 2.33 bits per heavy atom. The average Bonchev–Trinajstić information content (AvgIpc) is 2.18. The van der Waals surface area contributed by atoms with Gasteiger partial charge in [0.2, 0.25) is 0 Å². The van der Waals surface area contributed by atoms with Gasteiger partial charge in [-0.3, -0.25) is 0 Å². The van der Waals surface area contributed by atoms with Crippen LogP contribution in [0, 0.1) is 11.3 Å². The van der Waals surface area contributed by atoms with Gasteiger partial charge in [0.1, 0.15) is 0 Å². The Balaban J connectivity index is 2.88.